The summed E-state index contributed by atoms with van der Waals surface area (Å²) in [5, 5.41) is 19.0. The van der Waals surface area contributed by atoms with Gasteiger partial charge in [0, 0.05) is 48.4 Å². The Balaban J connectivity index is 1.18. The number of methoxy groups -OCH3 is 1. The molecule has 11 nitrogen and oxygen atoms in total. The van der Waals surface area contributed by atoms with Gasteiger partial charge in [0.1, 0.15) is 5.75 Å². The zero-order valence-electron chi connectivity index (χ0n) is 31.1. The van der Waals surface area contributed by atoms with Crippen molar-refractivity contribution in [2.24, 2.45) is 5.92 Å². The van der Waals surface area contributed by atoms with Crippen molar-refractivity contribution >= 4 is 31.5 Å². The molecule has 2 N–H and O–H groups in total. The minimum Gasteiger partial charge on any atom is -0.497 e. The predicted octanol–water partition coefficient (Wildman–Crippen LogP) is 6.14. The van der Waals surface area contributed by atoms with Gasteiger partial charge in [0.15, 0.2) is 13.9 Å². The quantitative estimate of drug-likeness (QED) is 0.176. The lowest BCUT2D eigenvalue weighted by Gasteiger charge is -2.32. The fourth-order valence-electron chi connectivity index (χ4n) is 8.95. The number of hydrogen-bond donors (Lipinski definition) is 2. The molecule has 7 rings (SSSR count). The minimum absolute atomic E-state index is 0.0942. The van der Waals surface area contributed by atoms with Gasteiger partial charge in [0.25, 0.3) is 5.91 Å². The van der Waals surface area contributed by atoms with E-state index in [1.54, 1.807) is 16.7 Å². The molecule has 2 amide bonds. The Morgan fingerprint density at radius 1 is 1.02 bits per heavy atom. The van der Waals surface area contributed by atoms with Gasteiger partial charge in [0.2, 0.25) is 5.91 Å². The Morgan fingerprint density at radius 2 is 1.81 bits per heavy atom. The second-order valence-electron chi connectivity index (χ2n) is 15.4. The molecule has 280 valence electrons. The Morgan fingerprint density at radius 3 is 2.57 bits per heavy atom. The molecule has 12 heteroatoms. The lowest BCUT2D eigenvalue weighted by Crippen LogP contribution is -2.46. The third kappa shape index (κ3) is 7.05. The lowest BCUT2D eigenvalue weighted by molar-refractivity contribution is -0.146. The summed E-state index contributed by atoms with van der Waals surface area (Å²) in [6, 6.07) is 23.4. The van der Waals surface area contributed by atoms with Crippen LogP contribution in [0.1, 0.15) is 73.8 Å². The van der Waals surface area contributed by atoms with Crippen LogP contribution >= 0.6 is 0 Å². The fourth-order valence-corrected chi connectivity index (χ4v) is 11.5. The average molecular weight is 738 g/mol. The molecule has 1 spiro atoms. The van der Waals surface area contributed by atoms with E-state index in [0.717, 1.165) is 53.7 Å². The van der Waals surface area contributed by atoms with Crippen molar-refractivity contribution in [2.75, 3.05) is 30.1 Å². The number of hydrogen-bond acceptors (Lipinski definition) is 8. The maximum Gasteiger partial charge on any atom is 0.264 e. The molecule has 0 saturated carbocycles. The van der Waals surface area contributed by atoms with Crippen LogP contribution in [0.5, 0.6) is 5.75 Å². The molecule has 3 aliphatic heterocycles. The van der Waals surface area contributed by atoms with E-state index in [0.29, 0.717) is 43.9 Å². The standard InChI is InChI=1S/C41H51N5O6Si/c1-28-39(53(3,4)50)37(20-22-44-26-35(42-43-44)33(27-47)30-14-8-7-9-15-30)52-41(28)34-24-32(51-2)18-19-36(34)46(40(41)49)25-29-13-12-16-31(23-29)45-21-11-6-5-10-17-38(45)48/h7-9,12-16,18-19,23-24,26,28,33,37,39,47,50H,5-6,10-11,17,20-22,25,27H2,1-4H3/t28-,33?,37+,39-,41+/m1/s1. The number of fused-ring (bicyclic) bond motifs is 2. The molecule has 5 atom stereocenters. The van der Waals surface area contributed by atoms with Crippen molar-refractivity contribution in [3.63, 3.8) is 0 Å². The second kappa shape index (κ2) is 15.2. The molecular weight excluding hydrogens is 687 g/mol. The largest absolute Gasteiger partial charge is 0.497 e. The lowest BCUT2D eigenvalue weighted by atomic mass is 9.82. The summed E-state index contributed by atoms with van der Waals surface area (Å²) >= 11 is 0. The molecule has 1 aromatic heterocycles. The maximum absolute atomic E-state index is 15.0. The zero-order valence-corrected chi connectivity index (χ0v) is 32.1. The summed E-state index contributed by atoms with van der Waals surface area (Å²) in [5.74, 6) is -0.0306. The van der Waals surface area contributed by atoms with Crippen LogP contribution in [-0.4, -0.2) is 71.4 Å². The summed E-state index contributed by atoms with van der Waals surface area (Å²) in [6.07, 6.45) is 6.55. The number of carbonyl (C=O) groups excluding carboxylic acids is 2. The number of aliphatic hydroxyl groups excluding tert-OH is 1. The highest BCUT2D eigenvalue weighted by Crippen LogP contribution is 2.60. The third-order valence-electron chi connectivity index (χ3n) is 11.5. The van der Waals surface area contributed by atoms with Crippen LogP contribution < -0.4 is 14.5 Å². The molecular formula is C41H51N5O6Si. The molecule has 4 heterocycles. The van der Waals surface area contributed by atoms with Gasteiger partial charge in [-0.05, 0) is 73.8 Å². The van der Waals surface area contributed by atoms with Crippen molar-refractivity contribution in [3.8, 4) is 5.75 Å². The van der Waals surface area contributed by atoms with E-state index in [4.69, 9.17) is 9.47 Å². The first-order valence-corrected chi connectivity index (χ1v) is 21.9. The Kier molecular flexibility index (Phi) is 10.6. The molecule has 2 fully saturated rings. The number of aromatic nitrogens is 3. The number of aliphatic hydroxyl groups is 1. The van der Waals surface area contributed by atoms with Crippen molar-refractivity contribution in [2.45, 2.75) is 94.8 Å². The maximum atomic E-state index is 15.0. The number of ether oxygens (including phenoxy) is 2. The number of aryl methyl sites for hydroxylation is 1. The molecule has 2 saturated heterocycles. The van der Waals surface area contributed by atoms with Gasteiger partial charge in [-0.3, -0.25) is 14.3 Å². The SMILES string of the molecule is COc1ccc2c(c1)[C@]1(O[C@@H](CCn3cc(C(CO)c4ccccc4)nn3)[C@H]([Si](C)(C)O)[C@H]1C)C(=O)N2Cc1cccc(N2CCCCCCC2=O)c1. The summed E-state index contributed by atoms with van der Waals surface area (Å²) < 4.78 is 14.5. The number of carbonyl (C=O) groups is 2. The van der Waals surface area contributed by atoms with Gasteiger partial charge in [0.05, 0.1) is 43.7 Å². The summed E-state index contributed by atoms with van der Waals surface area (Å²) in [4.78, 5) is 43.6. The second-order valence-corrected chi connectivity index (χ2v) is 19.3. The molecule has 1 unspecified atom stereocenters. The van der Waals surface area contributed by atoms with Gasteiger partial charge < -0.3 is 29.2 Å². The summed E-state index contributed by atoms with van der Waals surface area (Å²) in [5.41, 5.74) is 3.31. The third-order valence-corrected chi connectivity index (χ3v) is 14.0. The van der Waals surface area contributed by atoms with Gasteiger partial charge in [-0.15, -0.1) is 5.10 Å². The highest BCUT2D eigenvalue weighted by Gasteiger charge is 2.66. The van der Waals surface area contributed by atoms with E-state index in [2.05, 4.69) is 10.3 Å². The number of nitrogens with zero attached hydrogens (tertiary/aromatic N) is 5. The number of anilines is 2. The van der Waals surface area contributed by atoms with Crippen LogP contribution in [0.15, 0.2) is 79.0 Å². The Labute approximate surface area is 312 Å². The smallest absolute Gasteiger partial charge is 0.264 e. The molecule has 3 aliphatic rings. The van der Waals surface area contributed by atoms with E-state index in [-0.39, 0.29) is 35.8 Å². The van der Waals surface area contributed by atoms with Gasteiger partial charge in [-0.25, -0.2) is 0 Å². The first-order valence-electron chi connectivity index (χ1n) is 18.9. The van der Waals surface area contributed by atoms with Crippen LogP contribution in [0, 0.1) is 5.92 Å². The van der Waals surface area contributed by atoms with E-state index in [9.17, 15) is 14.7 Å². The van der Waals surface area contributed by atoms with Crippen LogP contribution in [-0.2, 0) is 33.0 Å². The molecule has 0 bridgehead atoms. The van der Waals surface area contributed by atoms with E-state index in [1.807, 2.05) is 104 Å². The summed E-state index contributed by atoms with van der Waals surface area (Å²) in [7, 11) is -1.29. The monoisotopic (exact) mass is 737 g/mol. The van der Waals surface area contributed by atoms with Gasteiger partial charge in [-0.2, -0.15) is 0 Å². The van der Waals surface area contributed by atoms with Crippen molar-refractivity contribution in [3.05, 3.63) is 101 Å². The molecule has 3 aromatic carbocycles. The van der Waals surface area contributed by atoms with Crippen LogP contribution in [0.25, 0.3) is 0 Å². The number of rotatable bonds is 11. The number of amides is 2. The van der Waals surface area contributed by atoms with Crippen molar-refractivity contribution in [1.29, 1.82) is 0 Å². The first kappa shape index (κ1) is 37.0. The van der Waals surface area contributed by atoms with Crippen molar-refractivity contribution < 1.29 is 29.0 Å². The van der Waals surface area contributed by atoms with Gasteiger partial charge in [-0.1, -0.05) is 67.4 Å². The predicted molar refractivity (Wildman–Crippen MR) is 205 cm³/mol. The zero-order chi connectivity index (χ0) is 37.3. The molecule has 0 radical (unpaired) electrons. The van der Waals surface area contributed by atoms with Crippen LogP contribution in [0.4, 0.5) is 11.4 Å². The van der Waals surface area contributed by atoms with Crippen LogP contribution in [0.3, 0.4) is 0 Å². The van der Waals surface area contributed by atoms with E-state index >= 15 is 4.79 Å². The van der Waals surface area contributed by atoms with Crippen molar-refractivity contribution in [1.82, 2.24) is 15.0 Å². The van der Waals surface area contributed by atoms with E-state index in [1.165, 1.54) is 0 Å². The van der Waals surface area contributed by atoms with E-state index < -0.39 is 20.0 Å². The minimum atomic E-state index is -2.90. The van der Waals surface area contributed by atoms with Gasteiger partial charge >= 0.3 is 0 Å². The van der Waals surface area contributed by atoms with Crippen LogP contribution in [0.2, 0.25) is 18.6 Å². The summed E-state index contributed by atoms with van der Waals surface area (Å²) in [6.45, 7) is 7.23. The highest BCUT2D eigenvalue weighted by molar-refractivity contribution is 6.71. The fraction of sp³-hybridized carbons (Fsp3) is 0.463. The average Bonchev–Trinajstić information content (AvgIpc) is 3.80. The Hall–Kier alpha value is -4.36. The molecule has 4 aromatic rings. The number of benzene rings is 3. The normalized spacial score (nSPS) is 24.0. The first-order chi connectivity index (χ1) is 25.5. The highest BCUT2D eigenvalue weighted by atomic mass is 28.4. The molecule has 53 heavy (non-hydrogen) atoms. The topological polar surface area (TPSA) is 130 Å². The Bertz CT molecular complexity index is 1930. The molecule has 0 aliphatic carbocycles.